The Balaban J connectivity index is 1.54. The van der Waals surface area contributed by atoms with Crippen LogP contribution in [0.4, 0.5) is 5.13 Å². The minimum absolute atomic E-state index is 0.387. The minimum atomic E-state index is -0.540. The first-order valence-corrected chi connectivity index (χ1v) is 10.8. The summed E-state index contributed by atoms with van der Waals surface area (Å²) in [6.45, 7) is 0.529. The molecule has 0 fully saturated rings. The summed E-state index contributed by atoms with van der Waals surface area (Å²) in [5.74, 6) is -0.540. The van der Waals surface area contributed by atoms with Crippen molar-refractivity contribution in [3.8, 4) is 22.5 Å². The van der Waals surface area contributed by atoms with Crippen LogP contribution in [0.5, 0.6) is 0 Å². The molecular weight excluding hydrogens is 422 g/mol. The molecule has 4 N–H and O–H groups in total. The Hall–Kier alpha value is -4.01. The lowest BCUT2D eigenvalue weighted by atomic mass is 10.1. The van der Waals surface area contributed by atoms with Crippen LogP contribution < -0.4 is 11.2 Å². The highest BCUT2D eigenvalue weighted by Crippen LogP contribution is 2.31. The molecule has 0 aliphatic rings. The van der Waals surface area contributed by atoms with E-state index in [0.29, 0.717) is 17.2 Å². The van der Waals surface area contributed by atoms with Gasteiger partial charge in [-0.05, 0) is 41.5 Å². The van der Waals surface area contributed by atoms with Crippen molar-refractivity contribution >= 4 is 32.6 Å². The number of thiazole rings is 1. The molecule has 0 radical (unpaired) electrons. The summed E-state index contributed by atoms with van der Waals surface area (Å²) in [4.78, 5) is 15.9. The van der Waals surface area contributed by atoms with Crippen molar-refractivity contribution in [1.82, 2.24) is 20.2 Å². The van der Waals surface area contributed by atoms with Crippen molar-refractivity contribution in [3.63, 3.8) is 0 Å². The van der Waals surface area contributed by atoms with E-state index in [1.165, 1.54) is 11.3 Å². The van der Waals surface area contributed by atoms with Crippen molar-refractivity contribution in [3.05, 3.63) is 90.0 Å². The van der Waals surface area contributed by atoms with Gasteiger partial charge in [-0.2, -0.15) is 5.10 Å². The van der Waals surface area contributed by atoms with E-state index in [1.54, 1.807) is 17.6 Å². The Bertz CT molecular complexity index is 1410. The van der Waals surface area contributed by atoms with Gasteiger partial charge in [0, 0.05) is 11.1 Å². The second-order valence-corrected chi connectivity index (χ2v) is 8.37. The number of fused-ring (bicyclic) bond motifs is 1. The third-order valence-corrected chi connectivity index (χ3v) is 6.05. The molecule has 32 heavy (non-hydrogen) atoms. The van der Waals surface area contributed by atoms with E-state index in [0.717, 1.165) is 38.3 Å². The number of carbonyl (C=O) groups is 1. The highest BCUT2D eigenvalue weighted by Gasteiger charge is 2.14. The first-order valence-electron chi connectivity index (χ1n) is 9.94. The van der Waals surface area contributed by atoms with Gasteiger partial charge in [-0.1, -0.05) is 59.9 Å². The maximum Gasteiger partial charge on any atom is 0.274 e. The summed E-state index contributed by atoms with van der Waals surface area (Å²) in [6, 6.07) is 25.3. The van der Waals surface area contributed by atoms with E-state index >= 15 is 0 Å². The molecule has 5 rings (SSSR count). The summed E-state index contributed by atoms with van der Waals surface area (Å²) in [7, 11) is 0. The van der Waals surface area contributed by atoms with Crippen LogP contribution in [0.2, 0.25) is 0 Å². The highest BCUT2D eigenvalue weighted by molar-refractivity contribution is 7.22. The predicted octanol–water partition coefficient (Wildman–Crippen LogP) is 4.58. The van der Waals surface area contributed by atoms with E-state index in [-0.39, 0.29) is 0 Å². The maximum absolute atomic E-state index is 11.6. The van der Waals surface area contributed by atoms with Crippen LogP contribution in [0.1, 0.15) is 15.9 Å². The summed E-state index contributed by atoms with van der Waals surface area (Å²) in [6.07, 6.45) is 0. The summed E-state index contributed by atoms with van der Waals surface area (Å²) >= 11 is 1.46. The van der Waals surface area contributed by atoms with Crippen LogP contribution in [-0.2, 0) is 6.54 Å². The average molecular weight is 442 g/mol. The number of nitrogen functional groups attached to an aromatic ring is 1. The number of benzene rings is 3. The normalized spacial score (nSPS) is 11.0. The van der Waals surface area contributed by atoms with Gasteiger partial charge in [0.25, 0.3) is 5.91 Å². The van der Waals surface area contributed by atoms with Crippen LogP contribution in [0, 0.1) is 0 Å². The second-order valence-electron chi connectivity index (χ2n) is 7.31. The SMILES string of the molecule is Nc1nc2ccc(-c3cc(-c4ccccc4)n(Cc4ccc(C(=O)NO)cc4)n3)cc2s1. The third-order valence-electron chi connectivity index (χ3n) is 5.20. The van der Waals surface area contributed by atoms with Gasteiger partial charge in [0.05, 0.1) is 28.1 Å². The van der Waals surface area contributed by atoms with Crippen molar-refractivity contribution in [1.29, 1.82) is 0 Å². The van der Waals surface area contributed by atoms with Gasteiger partial charge >= 0.3 is 0 Å². The number of amides is 1. The monoisotopic (exact) mass is 441 g/mol. The van der Waals surface area contributed by atoms with E-state index < -0.39 is 5.91 Å². The number of nitrogens with two attached hydrogens (primary N) is 1. The molecule has 2 aromatic heterocycles. The van der Waals surface area contributed by atoms with Crippen molar-refractivity contribution in [2.24, 2.45) is 0 Å². The Labute approximate surface area is 187 Å². The maximum atomic E-state index is 11.6. The van der Waals surface area contributed by atoms with Crippen molar-refractivity contribution in [2.45, 2.75) is 6.54 Å². The lowest BCUT2D eigenvalue weighted by Gasteiger charge is -2.08. The lowest BCUT2D eigenvalue weighted by molar-refractivity contribution is 0.0706. The number of nitrogens with zero attached hydrogens (tertiary/aromatic N) is 3. The molecule has 0 aliphatic carbocycles. The molecule has 2 heterocycles. The number of aromatic nitrogens is 3. The predicted molar refractivity (Wildman–Crippen MR) is 125 cm³/mol. The van der Waals surface area contributed by atoms with Crippen LogP contribution in [0.3, 0.4) is 0 Å². The molecule has 5 aromatic rings. The first-order chi connectivity index (χ1) is 15.6. The van der Waals surface area contributed by atoms with Crippen LogP contribution in [0.25, 0.3) is 32.7 Å². The largest absolute Gasteiger partial charge is 0.375 e. The molecular formula is C24H19N5O2S. The highest BCUT2D eigenvalue weighted by atomic mass is 32.1. The zero-order valence-electron chi connectivity index (χ0n) is 16.9. The zero-order chi connectivity index (χ0) is 22.1. The first kappa shape index (κ1) is 19.9. The number of hydrogen-bond donors (Lipinski definition) is 3. The smallest absolute Gasteiger partial charge is 0.274 e. The molecule has 3 aromatic carbocycles. The van der Waals surface area contributed by atoms with Crippen LogP contribution in [0.15, 0.2) is 78.9 Å². The van der Waals surface area contributed by atoms with Gasteiger partial charge < -0.3 is 5.73 Å². The molecule has 7 nitrogen and oxygen atoms in total. The van der Waals surface area contributed by atoms with Crippen LogP contribution in [-0.4, -0.2) is 25.9 Å². The van der Waals surface area contributed by atoms with Gasteiger partial charge in [0.2, 0.25) is 0 Å². The number of hydroxylamine groups is 1. The van der Waals surface area contributed by atoms with Gasteiger partial charge in [-0.15, -0.1) is 0 Å². The average Bonchev–Trinajstić information content (AvgIpc) is 3.41. The van der Waals surface area contributed by atoms with E-state index in [1.807, 2.05) is 47.1 Å². The molecule has 0 bridgehead atoms. The van der Waals surface area contributed by atoms with Crippen molar-refractivity contribution < 1.29 is 10.0 Å². The minimum Gasteiger partial charge on any atom is -0.375 e. The Morgan fingerprint density at radius 1 is 1.00 bits per heavy atom. The van der Waals surface area contributed by atoms with E-state index in [4.69, 9.17) is 16.0 Å². The topological polar surface area (TPSA) is 106 Å². The van der Waals surface area contributed by atoms with Gasteiger partial charge in [0.15, 0.2) is 5.13 Å². The molecule has 8 heteroatoms. The number of carbonyl (C=O) groups excluding carboxylic acids is 1. The fraction of sp³-hybridized carbons (Fsp3) is 0.0417. The lowest BCUT2D eigenvalue weighted by Crippen LogP contribution is -2.18. The molecule has 0 saturated heterocycles. The molecule has 0 saturated carbocycles. The summed E-state index contributed by atoms with van der Waals surface area (Å²) in [5.41, 5.74) is 13.7. The molecule has 1 amide bonds. The summed E-state index contributed by atoms with van der Waals surface area (Å²) in [5, 5.41) is 14.2. The molecule has 0 unspecified atom stereocenters. The number of nitrogens with one attached hydrogen (secondary N) is 1. The fourth-order valence-electron chi connectivity index (χ4n) is 3.62. The number of hydrogen-bond acceptors (Lipinski definition) is 6. The van der Waals surface area contributed by atoms with E-state index in [9.17, 15) is 4.79 Å². The molecule has 158 valence electrons. The third kappa shape index (κ3) is 3.84. The molecule has 0 aliphatic heterocycles. The van der Waals surface area contributed by atoms with Crippen LogP contribution >= 0.6 is 11.3 Å². The van der Waals surface area contributed by atoms with Gasteiger partial charge in [-0.3, -0.25) is 14.7 Å². The Kier molecular flexibility index (Phi) is 5.14. The molecule has 0 atom stereocenters. The fourth-order valence-corrected chi connectivity index (χ4v) is 4.39. The Morgan fingerprint density at radius 2 is 1.78 bits per heavy atom. The standard InChI is InChI=1S/C24H19N5O2S/c25-24-26-19-11-10-18(12-22(19)32-24)20-13-21(16-4-2-1-3-5-16)29(27-20)14-15-6-8-17(9-7-15)23(30)28-31/h1-13,31H,14H2,(H2,25,26)(H,28,30). The van der Waals surface area contributed by atoms with E-state index in [2.05, 4.69) is 29.2 Å². The van der Waals surface area contributed by atoms with Crippen molar-refractivity contribution in [2.75, 3.05) is 5.73 Å². The molecule has 0 spiro atoms. The summed E-state index contributed by atoms with van der Waals surface area (Å²) < 4.78 is 2.98. The van der Waals surface area contributed by atoms with Gasteiger partial charge in [0.1, 0.15) is 0 Å². The zero-order valence-corrected chi connectivity index (χ0v) is 17.7. The number of anilines is 1. The van der Waals surface area contributed by atoms with Gasteiger partial charge in [-0.25, -0.2) is 10.5 Å². The Morgan fingerprint density at radius 3 is 2.53 bits per heavy atom. The second kappa shape index (κ2) is 8.26. The number of rotatable bonds is 5. The quantitative estimate of drug-likeness (QED) is 0.273.